The van der Waals surface area contributed by atoms with E-state index in [1.807, 2.05) is 6.92 Å². The molecular formula is C11H23N5O2S. The minimum Gasteiger partial charge on any atom is -0.319 e. The highest BCUT2D eigenvalue weighted by Crippen LogP contribution is 2.09. The molecule has 0 saturated carbocycles. The maximum absolute atomic E-state index is 11.9. The number of rotatable bonds is 9. The van der Waals surface area contributed by atoms with Gasteiger partial charge in [0.05, 0.1) is 11.8 Å². The van der Waals surface area contributed by atoms with Gasteiger partial charge >= 0.3 is 0 Å². The fraction of sp³-hybridized carbons (Fsp3) is 0.818. The number of nitrogens with one attached hydrogen (secondary N) is 2. The summed E-state index contributed by atoms with van der Waals surface area (Å²) in [6.45, 7) is 5.56. The molecule has 0 saturated heterocycles. The van der Waals surface area contributed by atoms with E-state index < -0.39 is 10.0 Å². The molecule has 0 radical (unpaired) electrons. The van der Waals surface area contributed by atoms with Crippen molar-refractivity contribution < 1.29 is 8.42 Å². The molecule has 0 fully saturated rings. The largest absolute Gasteiger partial charge is 0.319 e. The third kappa shape index (κ3) is 5.66. The van der Waals surface area contributed by atoms with Crippen LogP contribution in [0.15, 0.2) is 6.33 Å². The van der Waals surface area contributed by atoms with Crippen LogP contribution in [-0.4, -0.2) is 42.0 Å². The smallest absolute Gasteiger partial charge is 0.212 e. The van der Waals surface area contributed by atoms with Gasteiger partial charge in [-0.3, -0.25) is 0 Å². The van der Waals surface area contributed by atoms with E-state index in [4.69, 9.17) is 0 Å². The predicted molar refractivity (Wildman–Crippen MR) is 74.1 cm³/mol. The normalized spacial score (nSPS) is 13.6. The van der Waals surface area contributed by atoms with E-state index in [1.165, 1.54) is 0 Å². The van der Waals surface area contributed by atoms with E-state index in [1.54, 1.807) is 24.9 Å². The van der Waals surface area contributed by atoms with E-state index in [-0.39, 0.29) is 11.8 Å². The molecule has 8 heteroatoms. The minimum absolute atomic E-state index is 0.139. The SMILES string of the molecule is CCNCCCCS(=O)(=O)NC(C)c1nncn1C. The van der Waals surface area contributed by atoms with E-state index in [0.717, 1.165) is 19.5 Å². The second-order valence-corrected chi connectivity index (χ2v) is 6.39. The second kappa shape index (κ2) is 7.56. The molecular weight excluding hydrogens is 266 g/mol. The third-order valence-electron chi connectivity index (χ3n) is 2.76. The van der Waals surface area contributed by atoms with Crippen molar-refractivity contribution in [1.29, 1.82) is 0 Å². The summed E-state index contributed by atoms with van der Waals surface area (Å²) in [5, 5.41) is 10.8. The van der Waals surface area contributed by atoms with Gasteiger partial charge < -0.3 is 9.88 Å². The van der Waals surface area contributed by atoms with Gasteiger partial charge in [-0.15, -0.1) is 10.2 Å². The molecule has 0 amide bonds. The Bertz CT molecular complexity index is 471. The summed E-state index contributed by atoms with van der Waals surface area (Å²) >= 11 is 0. The van der Waals surface area contributed by atoms with Gasteiger partial charge in [-0.2, -0.15) is 0 Å². The number of nitrogens with zero attached hydrogens (tertiary/aromatic N) is 3. The molecule has 1 aromatic rings. The van der Waals surface area contributed by atoms with Crippen molar-refractivity contribution in [2.75, 3.05) is 18.8 Å². The Morgan fingerprint density at radius 1 is 1.42 bits per heavy atom. The zero-order chi connectivity index (χ0) is 14.3. The lowest BCUT2D eigenvalue weighted by atomic mass is 10.3. The maximum atomic E-state index is 11.9. The fourth-order valence-corrected chi connectivity index (χ4v) is 3.13. The molecule has 0 aliphatic rings. The average Bonchev–Trinajstić information content (AvgIpc) is 2.74. The van der Waals surface area contributed by atoms with E-state index in [0.29, 0.717) is 12.2 Å². The van der Waals surface area contributed by atoms with Gasteiger partial charge in [0, 0.05) is 7.05 Å². The number of aryl methyl sites for hydroxylation is 1. The molecule has 1 unspecified atom stereocenters. The Balaban J connectivity index is 2.40. The first-order valence-electron chi connectivity index (χ1n) is 6.51. The van der Waals surface area contributed by atoms with E-state index in [2.05, 4.69) is 20.2 Å². The first-order valence-corrected chi connectivity index (χ1v) is 8.16. The Morgan fingerprint density at radius 2 is 2.16 bits per heavy atom. The van der Waals surface area contributed by atoms with Crippen LogP contribution in [0.5, 0.6) is 0 Å². The first-order chi connectivity index (χ1) is 8.96. The molecule has 1 rings (SSSR count). The Kier molecular flexibility index (Phi) is 6.40. The average molecular weight is 289 g/mol. The summed E-state index contributed by atoms with van der Waals surface area (Å²) in [5.74, 6) is 0.747. The highest BCUT2D eigenvalue weighted by Gasteiger charge is 2.18. The van der Waals surface area contributed by atoms with Gasteiger partial charge in [-0.1, -0.05) is 6.92 Å². The van der Waals surface area contributed by atoms with Crippen LogP contribution < -0.4 is 10.0 Å². The summed E-state index contributed by atoms with van der Waals surface area (Å²) in [6.07, 6.45) is 3.05. The van der Waals surface area contributed by atoms with E-state index >= 15 is 0 Å². The van der Waals surface area contributed by atoms with Crippen molar-refractivity contribution in [2.45, 2.75) is 32.7 Å². The molecule has 0 aromatic carbocycles. The summed E-state index contributed by atoms with van der Waals surface area (Å²) in [6, 6.07) is -0.369. The van der Waals surface area contributed by atoms with Gasteiger partial charge in [0.15, 0.2) is 0 Å². The lowest BCUT2D eigenvalue weighted by Crippen LogP contribution is -2.30. The zero-order valence-corrected chi connectivity index (χ0v) is 12.6. The number of sulfonamides is 1. The topological polar surface area (TPSA) is 88.9 Å². The second-order valence-electron chi connectivity index (χ2n) is 4.52. The first kappa shape index (κ1) is 16.1. The summed E-state index contributed by atoms with van der Waals surface area (Å²) in [4.78, 5) is 0. The summed E-state index contributed by atoms with van der Waals surface area (Å²) in [5.41, 5.74) is 0. The Labute approximate surface area is 114 Å². The number of hydrogen-bond donors (Lipinski definition) is 2. The quantitative estimate of drug-likeness (QED) is 0.633. The Morgan fingerprint density at radius 3 is 2.74 bits per heavy atom. The molecule has 2 N–H and O–H groups in total. The highest BCUT2D eigenvalue weighted by atomic mass is 32.2. The Hall–Kier alpha value is -0.990. The summed E-state index contributed by atoms with van der Waals surface area (Å²) < 4.78 is 28.1. The van der Waals surface area contributed by atoms with Gasteiger partial charge in [0.1, 0.15) is 12.2 Å². The fourth-order valence-electron chi connectivity index (χ4n) is 1.78. The molecule has 19 heavy (non-hydrogen) atoms. The van der Waals surface area contributed by atoms with Gasteiger partial charge in [-0.25, -0.2) is 13.1 Å². The lowest BCUT2D eigenvalue weighted by molar-refractivity contribution is 0.548. The van der Waals surface area contributed by atoms with Crippen molar-refractivity contribution >= 4 is 10.0 Å². The molecule has 110 valence electrons. The van der Waals surface area contributed by atoms with Crippen molar-refractivity contribution in [3.8, 4) is 0 Å². The molecule has 1 heterocycles. The molecule has 1 aromatic heterocycles. The third-order valence-corrected chi connectivity index (χ3v) is 4.30. The lowest BCUT2D eigenvalue weighted by Gasteiger charge is -2.13. The molecule has 0 bridgehead atoms. The maximum Gasteiger partial charge on any atom is 0.212 e. The van der Waals surface area contributed by atoms with Crippen LogP contribution in [0, 0.1) is 0 Å². The molecule has 1 atom stereocenters. The highest BCUT2D eigenvalue weighted by molar-refractivity contribution is 7.89. The van der Waals surface area contributed by atoms with Gasteiger partial charge in [0.25, 0.3) is 0 Å². The zero-order valence-electron chi connectivity index (χ0n) is 11.8. The van der Waals surface area contributed by atoms with Crippen LogP contribution in [0.3, 0.4) is 0 Å². The van der Waals surface area contributed by atoms with Gasteiger partial charge in [-0.05, 0) is 32.9 Å². The van der Waals surface area contributed by atoms with Crippen LogP contribution in [-0.2, 0) is 17.1 Å². The molecule has 0 aliphatic carbocycles. The van der Waals surface area contributed by atoms with Crippen LogP contribution in [0.25, 0.3) is 0 Å². The van der Waals surface area contributed by atoms with Crippen LogP contribution in [0.1, 0.15) is 38.6 Å². The van der Waals surface area contributed by atoms with Crippen molar-refractivity contribution in [3.63, 3.8) is 0 Å². The predicted octanol–water partition coefficient (Wildman–Crippen LogP) is 0.185. The molecule has 7 nitrogen and oxygen atoms in total. The van der Waals surface area contributed by atoms with Crippen LogP contribution >= 0.6 is 0 Å². The number of hydrogen-bond acceptors (Lipinski definition) is 5. The van der Waals surface area contributed by atoms with E-state index in [9.17, 15) is 8.42 Å². The van der Waals surface area contributed by atoms with Crippen LogP contribution in [0.4, 0.5) is 0 Å². The minimum atomic E-state index is -3.27. The van der Waals surface area contributed by atoms with Crippen molar-refractivity contribution in [1.82, 2.24) is 24.8 Å². The number of unbranched alkanes of at least 4 members (excludes halogenated alkanes) is 1. The summed E-state index contributed by atoms with van der Waals surface area (Å²) in [7, 11) is -1.48. The van der Waals surface area contributed by atoms with Crippen LogP contribution in [0.2, 0.25) is 0 Å². The van der Waals surface area contributed by atoms with Gasteiger partial charge in [0.2, 0.25) is 10.0 Å². The molecule has 0 aliphatic heterocycles. The molecule has 0 spiro atoms. The monoisotopic (exact) mass is 289 g/mol. The van der Waals surface area contributed by atoms with Crippen molar-refractivity contribution in [2.24, 2.45) is 7.05 Å². The number of aromatic nitrogens is 3. The van der Waals surface area contributed by atoms with Crippen molar-refractivity contribution in [3.05, 3.63) is 12.2 Å². The standard InChI is InChI=1S/C11H23N5O2S/c1-4-12-7-5-6-8-19(17,18)15-10(2)11-14-13-9-16(11)3/h9-10,12,15H,4-8H2,1-3H3.